The molecule has 1 saturated heterocycles. The minimum Gasteiger partial charge on any atom is -0.342 e. The van der Waals surface area contributed by atoms with Gasteiger partial charge in [0.15, 0.2) is 5.82 Å². The zero-order valence-electron chi connectivity index (χ0n) is 16.0. The van der Waals surface area contributed by atoms with Crippen LogP contribution in [0, 0.1) is 5.82 Å². The number of imidazole rings is 1. The first kappa shape index (κ1) is 22.4. The average molecular weight is 341 g/mol. The van der Waals surface area contributed by atoms with E-state index in [1.165, 1.54) is 25.3 Å². The number of benzene rings is 1. The fourth-order valence-electron chi connectivity index (χ4n) is 2.72. The molecule has 0 spiro atoms. The zero-order chi connectivity index (χ0) is 17.4. The first-order chi connectivity index (χ1) is 11.1. The van der Waals surface area contributed by atoms with E-state index in [9.17, 15) is 4.39 Å². The van der Waals surface area contributed by atoms with Crippen LogP contribution in [0.4, 0.5) is 15.0 Å². The number of halogens is 2. The number of nitrogens with zero attached hydrogens (tertiary/aromatic N) is 3. The first-order valence-electron chi connectivity index (χ1n) is 9.01. The number of hydrogen-bond acceptors (Lipinski definition) is 2. The Morgan fingerprint density at radius 2 is 1.67 bits per heavy atom. The van der Waals surface area contributed by atoms with Gasteiger partial charge in [-0.1, -0.05) is 40.2 Å². The molecule has 0 atom stereocenters. The second-order valence-corrected chi connectivity index (χ2v) is 5.88. The van der Waals surface area contributed by atoms with Gasteiger partial charge in [0.2, 0.25) is 5.95 Å². The maximum Gasteiger partial charge on any atom is 0.206 e. The summed E-state index contributed by atoms with van der Waals surface area (Å²) in [7, 11) is 0. The Kier molecular flexibility index (Phi) is 10.2. The van der Waals surface area contributed by atoms with Crippen LogP contribution in [-0.4, -0.2) is 22.6 Å². The molecule has 0 unspecified atom stereocenters. The van der Waals surface area contributed by atoms with Crippen molar-refractivity contribution >= 4 is 17.0 Å². The van der Waals surface area contributed by atoms with Gasteiger partial charge >= 0.3 is 0 Å². The van der Waals surface area contributed by atoms with Crippen molar-refractivity contribution in [2.45, 2.75) is 66.8 Å². The third kappa shape index (κ3) is 4.92. The maximum absolute atomic E-state index is 13.8. The molecule has 0 N–H and O–H groups in total. The summed E-state index contributed by atoms with van der Waals surface area (Å²) >= 11 is 0. The number of anilines is 1. The van der Waals surface area contributed by atoms with E-state index in [4.69, 9.17) is 0 Å². The van der Waals surface area contributed by atoms with Crippen molar-refractivity contribution in [2.75, 3.05) is 18.0 Å². The Labute approximate surface area is 145 Å². The Morgan fingerprint density at radius 3 is 2.17 bits per heavy atom. The van der Waals surface area contributed by atoms with E-state index >= 15 is 0 Å². The fourth-order valence-corrected chi connectivity index (χ4v) is 2.72. The summed E-state index contributed by atoms with van der Waals surface area (Å²) in [5.41, 5.74) is 1.39. The molecule has 1 aliphatic rings. The lowest BCUT2D eigenvalue weighted by atomic mass is 10.3. The summed E-state index contributed by atoms with van der Waals surface area (Å²) in [4.78, 5) is 6.79. The summed E-state index contributed by atoms with van der Waals surface area (Å²) in [5.74, 6) is 0.690. The quantitative estimate of drug-likeness (QED) is 0.673. The molecule has 5 heteroatoms. The molecule has 1 aromatic heterocycles. The van der Waals surface area contributed by atoms with Gasteiger partial charge in [0.25, 0.3) is 0 Å². The lowest BCUT2D eigenvalue weighted by Gasteiger charge is -2.20. The maximum atomic E-state index is 13.8. The van der Waals surface area contributed by atoms with E-state index < -0.39 is 0 Å². The average Bonchev–Trinajstić information content (AvgIpc) is 3.17. The van der Waals surface area contributed by atoms with Crippen LogP contribution < -0.4 is 4.90 Å². The standard InChI is InChI=1S/C14H18FN3.C3H8.C2H6.FH/c1-10(2)18-12-7-5-6-11(15)13(12)16-14(18)17-8-3-4-9-17;1-3-2;1-2;/h5-7,10H,3-4,8-9H2,1-2H3;3H2,1-2H3;1-2H3;1H. The van der Waals surface area contributed by atoms with Crippen molar-refractivity contribution < 1.29 is 9.09 Å². The first-order valence-corrected chi connectivity index (χ1v) is 9.01. The highest BCUT2D eigenvalue weighted by atomic mass is 19.1. The topological polar surface area (TPSA) is 21.1 Å². The van der Waals surface area contributed by atoms with Crippen LogP contribution in [0.25, 0.3) is 11.0 Å². The number of aromatic nitrogens is 2. The van der Waals surface area contributed by atoms with E-state index in [0.29, 0.717) is 5.52 Å². The Balaban J connectivity index is 0.000000799. The molecule has 1 aromatic carbocycles. The lowest BCUT2D eigenvalue weighted by molar-refractivity contribution is 0.609. The van der Waals surface area contributed by atoms with Gasteiger partial charge in [0.1, 0.15) is 5.52 Å². The fraction of sp³-hybridized carbons (Fsp3) is 0.632. The molecule has 2 heterocycles. The van der Waals surface area contributed by atoms with Gasteiger partial charge in [-0.05, 0) is 38.8 Å². The van der Waals surface area contributed by atoms with Gasteiger partial charge in [-0.2, -0.15) is 0 Å². The summed E-state index contributed by atoms with van der Waals surface area (Å²) in [6.45, 7) is 14.5. The van der Waals surface area contributed by atoms with E-state index in [1.807, 2.05) is 19.9 Å². The molecule has 24 heavy (non-hydrogen) atoms. The molecule has 0 bridgehead atoms. The van der Waals surface area contributed by atoms with E-state index in [1.54, 1.807) is 6.07 Å². The summed E-state index contributed by atoms with van der Waals surface area (Å²) in [6.07, 6.45) is 3.65. The van der Waals surface area contributed by atoms with E-state index in [-0.39, 0.29) is 16.6 Å². The molecule has 1 aliphatic heterocycles. The van der Waals surface area contributed by atoms with Crippen LogP contribution in [0.15, 0.2) is 18.2 Å². The third-order valence-corrected chi connectivity index (χ3v) is 3.56. The van der Waals surface area contributed by atoms with Gasteiger partial charge in [-0.15, -0.1) is 0 Å². The van der Waals surface area contributed by atoms with Crippen LogP contribution in [-0.2, 0) is 0 Å². The Bertz CT molecular complexity index is 588. The molecule has 2 aromatic rings. The SMILES string of the molecule is CC.CC(C)n1c(N2CCCC2)nc2c(F)cccc21.CCC.F. The van der Waals surface area contributed by atoms with E-state index in [2.05, 4.69) is 42.1 Å². The molecule has 0 saturated carbocycles. The van der Waals surface area contributed by atoms with Gasteiger partial charge in [-0.25, -0.2) is 9.37 Å². The molecule has 138 valence electrons. The second kappa shape index (κ2) is 11.0. The normalized spacial score (nSPS) is 13.1. The van der Waals surface area contributed by atoms with Crippen LogP contribution in [0.3, 0.4) is 0 Å². The molecule has 0 aliphatic carbocycles. The van der Waals surface area contributed by atoms with Crippen molar-refractivity contribution in [3.63, 3.8) is 0 Å². The Morgan fingerprint density at radius 1 is 1.12 bits per heavy atom. The molecule has 1 fully saturated rings. The highest BCUT2D eigenvalue weighted by molar-refractivity contribution is 5.79. The van der Waals surface area contributed by atoms with Crippen LogP contribution in [0.5, 0.6) is 0 Å². The monoisotopic (exact) mass is 341 g/mol. The Hall–Kier alpha value is -1.65. The number of rotatable bonds is 2. The minimum atomic E-state index is -0.229. The van der Waals surface area contributed by atoms with Crippen molar-refractivity contribution in [2.24, 2.45) is 0 Å². The van der Waals surface area contributed by atoms with Gasteiger partial charge < -0.3 is 9.47 Å². The van der Waals surface area contributed by atoms with Crippen molar-refractivity contribution in [1.29, 1.82) is 0 Å². The number of para-hydroxylation sites is 1. The van der Waals surface area contributed by atoms with Crippen molar-refractivity contribution in [3.8, 4) is 0 Å². The van der Waals surface area contributed by atoms with Crippen molar-refractivity contribution in [3.05, 3.63) is 24.0 Å². The van der Waals surface area contributed by atoms with Crippen molar-refractivity contribution in [1.82, 2.24) is 9.55 Å². The minimum absolute atomic E-state index is 0. The molecule has 3 nitrogen and oxygen atoms in total. The smallest absolute Gasteiger partial charge is 0.206 e. The molecular weight excluding hydrogens is 308 g/mol. The molecule has 0 radical (unpaired) electrons. The number of hydrogen-bond donors (Lipinski definition) is 0. The van der Waals surface area contributed by atoms with Gasteiger partial charge in [0.05, 0.1) is 5.52 Å². The molecular formula is C19H33F2N3. The van der Waals surface area contributed by atoms with Crippen LogP contribution >= 0.6 is 0 Å². The van der Waals surface area contributed by atoms with Crippen LogP contribution in [0.1, 0.15) is 66.8 Å². The number of fused-ring (bicyclic) bond motifs is 1. The highest BCUT2D eigenvalue weighted by Gasteiger charge is 2.22. The third-order valence-electron chi connectivity index (χ3n) is 3.56. The van der Waals surface area contributed by atoms with Gasteiger partial charge in [0, 0.05) is 19.1 Å². The predicted octanol–water partition coefficient (Wildman–Crippen LogP) is 5.95. The van der Waals surface area contributed by atoms with E-state index in [0.717, 1.165) is 24.6 Å². The highest BCUT2D eigenvalue weighted by Crippen LogP contribution is 2.29. The second-order valence-electron chi connectivity index (χ2n) is 5.88. The predicted molar refractivity (Wildman–Crippen MR) is 101 cm³/mol. The van der Waals surface area contributed by atoms with Gasteiger partial charge in [-0.3, -0.25) is 4.70 Å². The molecule has 0 amide bonds. The van der Waals surface area contributed by atoms with Crippen LogP contribution in [0.2, 0.25) is 0 Å². The summed E-state index contributed by atoms with van der Waals surface area (Å²) in [6, 6.07) is 5.47. The summed E-state index contributed by atoms with van der Waals surface area (Å²) in [5, 5.41) is 0. The molecule has 3 rings (SSSR count). The summed E-state index contributed by atoms with van der Waals surface area (Å²) < 4.78 is 16.0. The largest absolute Gasteiger partial charge is 0.342 e. The zero-order valence-corrected chi connectivity index (χ0v) is 16.0. The lowest BCUT2D eigenvalue weighted by Crippen LogP contribution is -2.22.